The largest absolute Gasteiger partial charge is 0.343 e. The maximum absolute atomic E-state index is 13.5. The van der Waals surface area contributed by atoms with Crippen LogP contribution in [0.15, 0.2) is 100.0 Å². The number of imide groups is 1. The molecule has 0 radical (unpaired) electrons. The Morgan fingerprint density at radius 1 is 0.717 bits per heavy atom. The molecular weight excluding hydrogens is 781 g/mol. The van der Waals surface area contributed by atoms with Gasteiger partial charge in [0.2, 0.25) is 5.91 Å². The number of hydrogen-bond acceptors (Lipinski definition) is 12. The Balaban J connectivity index is 1.67. The maximum Gasteiger partial charge on any atom is 0.294 e. The van der Waals surface area contributed by atoms with E-state index in [2.05, 4.69) is 0 Å². The summed E-state index contributed by atoms with van der Waals surface area (Å²) in [5.74, 6) is -6.01. The molecule has 1 fully saturated rings. The van der Waals surface area contributed by atoms with E-state index in [1.165, 1.54) is 36.4 Å². The molecule has 21 heteroatoms. The lowest BCUT2D eigenvalue weighted by molar-refractivity contribution is -0.136. The van der Waals surface area contributed by atoms with Crippen LogP contribution in [-0.2, 0) is 60.3 Å². The van der Waals surface area contributed by atoms with Gasteiger partial charge in [-0.05, 0) is 73.0 Å². The van der Waals surface area contributed by atoms with Crippen molar-refractivity contribution >= 4 is 69.4 Å². The van der Waals surface area contributed by atoms with Crippen LogP contribution < -0.4 is 9.80 Å². The fourth-order valence-corrected chi connectivity index (χ4v) is 7.79. The number of amides is 2. The topological polar surface area (TPSA) is 275 Å². The summed E-state index contributed by atoms with van der Waals surface area (Å²) >= 11 is 0. The molecule has 2 amide bonds. The molecule has 286 valence electrons. The summed E-state index contributed by atoms with van der Waals surface area (Å²) in [5, 5.41) is 0. The summed E-state index contributed by atoms with van der Waals surface area (Å²) in [4.78, 5) is 41.4. The summed E-state index contributed by atoms with van der Waals surface area (Å²) in [7, 11) is -18.0. The molecule has 0 aliphatic carbocycles. The van der Waals surface area contributed by atoms with Crippen LogP contribution in [0.3, 0.4) is 0 Å². The van der Waals surface area contributed by atoms with Crippen LogP contribution in [0.4, 0.5) is 11.4 Å². The van der Waals surface area contributed by atoms with E-state index in [0.29, 0.717) is 21.8 Å². The van der Waals surface area contributed by atoms with Crippen LogP contribution in [0.1, 0.15) is 32.3 Å². The monoisotopic (exact) mass is 814 g/mol. The van der Waals surface area contributed by atoms with Gasteiger partial charge >= 0.3 is 0 Å². The molecule has 2 aliphatic rings. The third kappa shape index (κ3) is 9.80. The van der Waals surface area contributed by atoms with Crippen LogP contribution in [-0.4, -0.2) is 87.5 Å². The van der Waals surface area contributed by atoms with Gasteiger partial charge in [-0.15, -0.1) is 0 Å². The van der Waals surface area contributed by atoms with E-state index >= 15 is 0 Å². The maximum atomic E-state index is 13.5. The van der Waals surface area contributed by atoms with Gasteiger partial charge in [0.15, 0.2) is 5.78 Å². The number of carbonyl (C=O) groups excluding carboxylic acids is 3. The summed E-state index contributed by atoms with van der Waals surface area (Å²) in [6, 6.07) is 7.77. The Bertz CT molecular complexity index is 2410. The molecule has 0 aromatic heterocycles. The quantitative estimate of drug-likeness (QED) is 0.0565. The molecule has 2 heterocycles. The van der Waals surface area contributed by atoms with E-state index in [0.717, 1.165) is 36.4 Å². The lowest BCUT2D eigenvalue weighted by atomic mass is 9.83. The molecule has 1 atom stereocenters. The van der Waals surface area contributed by atoms with Gasteiger partial charge in [-0.3, -0.25) is 32.6 Å². The van der Waals surface area contributed by atoms with Gasteiger partial charge in [0.25, 0.3) is 46.4 Å². The highest BCUT2D eigenvalue weighted by Gasteiger charge is 2.44. The molecule has 2 aromatic rings. The van der Waals surface area contributed by atoms with Crippen LogP contribution in [0, 0.1) is 5.92 Å². The number of fused-ring (bicyclic) bond motifs is 1. The summed E-state index contributed by atoms with van der Waals surface area (Å²) in [6.07, 6.45) is 7.66. The van der Waals surface area contributed by atoms with E-state index in [1.54, 1.807) is 24.8 Å². The van der Waals surface area contributed by atoms with Crippen molar-refractivity contribution in [2.45, 2.75) is 41.9 Å². The van der Waals surface area contributed by atoms with Crippen molar-refractivity contribution < 1.29 is 66.3 Å². The van der Waals surface area contributed by atoms with Crippen molar-refractivity contribution in [2.24, 2.45) is 5.92 Å². The SMILES string of the molecule is CC1(C)\C(=C/C=C/C=C/C=C2/C(=O)C(CCCS(=O)(=O)O)C(=O)N(c3ccc(S(=O)(=O)O)cc3)C2=O)N(CCS(=O)(=O)O)c2ccc(S(=O)(=O)O)cc21. The zero-order valence-corrected chi connectivity index (χ0v) is 31.2. The van der Waals surface area contributed by atoms with Crippen molar-refractivity contribution in [1.82, 2.24) is 0 Å². The van der Waals surface area contributed by atoms with Crippen molar-refractivity contribution in [3.63, 3.8) is 0 Å². The number of anilines is 2. The Kier molecular flexibility index (Phi) is 11.9. The summed E-state index contributed by atoms with van der Waals surface area (Å²) in [5.41, 5.74) is -0.226. The van der Waals surface area contributed by atoms with Gasteiger partial charge in [-0.25, -0.2) is 4.90 Å². The fourth-order valence-electron chi connectivity index (χ4n) is 5.86. The molecule has 2 aromatic carbocycles. The minimum absolute atomic E-state index is 0.150. The molecule has 4 N–H and O–H groups in total. The minimum Gasteiger partial charge on any atom is -0.343 e. The van der Waals surface area contributed by atoms with Crippen LogP contribution in [0.25, 0.3) is 0 Å². The zero-order valence-electron chi connectivity index (χ0n) is 27.9. The average molecular weight is 815 g/mol. The number of carbonyl (C=O) groups is 3. The van der Waals surface area contributed by atoms with Gasteiger partial charge in [0, 0.05) is 23.3 Å². The first kappa shape index (κ1) is 41.4. The standard InChI is InChI=1S/C32H34N2O15S4/c1-32(2)26-20-23(53(47,48)49)15-16-27(26)33(17-19-51(41,42)43)28(32)10-6-4-3-5-8-24-29(35)25(9-7-18-50(38,39)40)31(37)34(30(24)36)21-11-13-22(14-12-21)52(44,45)46/h3-6,8,10-16,20,25H,7,9,17-19H2,1-2H3,(H,38,39,40)(H,41,42,43)(H,44,45,46)(H,47,48,49)/b5-3+,6-4+,24-8-,28-10+. The highest BCUT2D eigenvalue weighted by molar-refractivity contribution is 7.86. The Morgan fingerprint density at radius 2 is 1.26 bits per heavy atom. The second-order valence-corrected chi connectivity index (χ2v) is 18.4. The molecule has 53 heavy (non-hydrogen) atoms. The second-order valence-electron chi connectivity index (χ2n) is 12.4. The van der Waals surface area contributed by atoms with E-state index in [-0.39, 0.29) is 30.0 Å². The number of rotatable bonds is 13. The van der Waals surface area contributed by atoms with Gasteiger partial charge in [-0.2, -0.15) is 33.7 Å². The number of ketones is 1. The number of benzene rings is 2. The Morgan fingerprint density at radius 3 is 1.81 bits per heavy atom. The van der Waals surface area contributed by atoms with Crippen molar-refractivity contribution in [3.8, 4) is 0 Å². The zero-order chi connectivity index (χ0) is 39.7. The number of Topliss-reactive ketones (excluding diaryl/α,β-unsaturated/α-hetero) is 1. The number of piperidine rings is 1. The highest BCUT2D eigenvalue weighted by atomic mass is 32.2. The third-order valence-corrected chi connectivity index (χ3v) is 11.6. The molecule has 0 bridgehead atoms. The predicted molar refractivity (Wildman–Crippen MR) is 190 cm³/mol. The molecule has 0 spiro atoms. The second kappa shape index (κ2) is 15.2. The normalized spacial score (nSPS) is 20.0. The molecule has 1 unspecified atom stereocenters. The molecule has 0 saturated carbocycles. The molecule has 4 rings (SSSR count). The smallest absolute Gasteiger partial charge is 0.294 e. The lowest BCUT2D eigenvalue weighted by Crippen LogP contribution is -2.51. The van der Waals surface area contributed by atoms with E-state index in [4.69, 9.17) is 4.55 Å². The molecular formula is C32H34N2O15S4. The van der Waals surface area contributed by atoms with Gasteiger partial charge in [-0.1, -0.05) is 38.2 Å². The first-order valence-electron chi connectivity index (χ1n) is 15.4. The minimum atomic E-state index is -4.62. The molecule has 17 nitrogen and oxygen atoms in total. The average Bonchev–Trinajstić information content (AvgIpc) is 3.24. The summed E-state index contributed by atoms with van der Waals surface area (Å²) < 4.78 is 130. The number of allylic oxidation sites excluding steroid dienone is 7. The fraction of sp³-hybridized carbons (Fsp3) is 0.281. The highest BCUT2D eigenvalue weighted by Crippen LogP contribution is 2.48. The van der Waals surface area contributed by atoms with E-state index in [9.17, 15) is 61.7 Å². The van der Waals surface area contributed by atoms with Gasteiger partial charge < -0.3 is 4.90 Å². The van der Waals surface area contributed by atoms with Crippen molar-refractivity contribution in [3.05, 3.63) is 95.8 Å². The Labute approximate surface area is 306 Å². The van der Waals surface area contributed by atoms with E-state index < -0.39 is 91.4 Å². The van der Waals surface area contributed by atoms with Crippen LogP contribution >= 0.6 is 0 Å². The molecule has 1 saturated heterocycles. The van der Waals surface area contributed by atoms with Crippen LogP contribution in [0.2, 0.25) is 0 Å². The summed E-state index contributed by atoms with van der Waals surface area (Å²) in [6.45, 7) is 3.23. The first-order valence-corrected chi connectivity index (χ1v) is 21.5. The van der Waals surface area contributed by atoms with Gasteiger partial charge in [0.1, 0.15) is 5.92 Å². The van der Waals surface area contributed by atoms with Gasteiger partial charge in [0.05, 0.1) is 32.6 Å². The van der Waals surface area contributed by atoms with Crippen molar-refractivity contribution in [1.29, 1.82) is 0 Å². The number of hydrogen-bond donors (Lipinski definition) is 4. The lowest BCUT2D eigenvalue weighted by Gasteiger charge is -2.31. The van der Waals surface area contributed by atoms with Crippen LogP contribution in [0.5, 0.6) is 0 Å². The third-order valence-electron chi connectivity index (χ3n) is 8.41. The molecule has 2 aliphatic heterocycles. The van der Waals surface area contributed by atoms with Crippen molar-refractivity contribution in [2.75, 3.05) is 27.9 Å². The van der Waals surface area contributed by atoms with E-state index in [1.807, 2.05) is 0 Å². The number of nitrogens with zero attached hydrogens (tertiary/aromatic N) is 2. The predicted octanol–water partition coefficient (Wildman–Crippen LogP) is 2.51. The first-order chi connectivity index (χ1) is 24.3. The Hall–Kier alpha value is -4.35.